The van der Waals surface area contributed by atoms with Gasteiger partial charge in [-0.3, -0.25) is 9.88 Å². The summed E-state index contributed by atoms with van der Waals surface area (Å²) in [6.07, 6.45) is 6.04. The van der Waals surface area contributed by atoms with Gasteiger partial charge in [0.2, 0.25) is 0 Å². The summed E-state index contributed by atoms with van der Waals surface area (Å²) in [4.78, 5) is 6.73. The highest BCUT2D eigenvalue weighted by molar-refractivity contribution is 5.26. The number of ether oxygens (including phenoxy) is 2. The van der Waals surface area contributed by atoms with Crippen molar-refractivity contribution in [3.05, 3.63) is 65.0 Å². The van der Waals surface area contributed by atoms with Gasteiger partial charge in [-0.2, -0.15) is 0 Å². The molecule has 0 saturated carbocycles. The van der Waals surface area contributed by atoms with Crippen LogP contribution in [0, 0.1) is 13.8 Å². The number of likely N-dealkylation sites (tertiary alicyclic amines) is 1. The lowest BCUT2D eigenvalue weighted by atomic mass is 9.84. The highest BCUT2D eigenvalue weighted by Crippen LogP contribution is 2.36. The Labute approximate surface area is 156 Å². The molecule has 2 aliphatic heterocycles. The van der Waals surface area contributed by atoms with Gasteiger partial charge in [0.25, 0.3) is 0 Å². The first-order valence-electron chi connectivity index (χ1n) is 9.55. The van der Waals surface area contributed by atoms with Gasteiger partial charge in [0.15, 0.2) is 0 Å². The Bertz CT molecular complexity index is 755. The molecular weight excluding hydrogens is 324 g/mol. The van der Waals surface area contributed by atoms with E-state index in [1.807, 2.05) is 12.4 Å². The van der Waals surface area contributed by atoms with E-state index < -0.39 is 0 Å². The number of nitrogens with zero attached hydrogens (tertiary/aromatic N) is 2. The predicted molar refractivity (Wildman–Crippen MR) is 102 cm³/mol. The van der Waals surface area contributed by atoms with Crippen molar-refractivity contribution in [1.82, 2.24) is 9.88 Å². The Kier molecular flexibility index (Phi) is 5.07. The number of hydrogen-bond acceptors (Lipinski definition) is 4. The quantitative estimate of drug-likeness (QED) is 0.823. The lowest BCUT2D eigenvalue weighted by molar-refractivity contribution is -0.200. The van der Waals surface area contributed by atoms with Gasteiger partial charge in [0, 0.05) is 45.1 Å². The van der Waals surface area contributed by atoms with Gasteiger partial charge in [-0.25, -0.2) is 0 Å². The van der Waals surface area contributed by atoms with Crippen LogP contribution in [0.4, 0.5) is 0 Å². The third kappa shape index (κ3) is 3.98. The summed E-state index contributed by atoms with van der Waals surface area (Å²) in [5.74, 6) is 0. The summed E-state index contributed by atoms with van der Waals surface area (Å²) >= 11 is 0. The van der Waals surface area contributed by atoms with Gasteiger partial charge in [0.1, 0.15) is 0 Å². The topological polar surface area (TPSA) is 34.6 Å². The predicted octanol–water partition coefficient (Wildman–Crippen LogP) is 3.65. The van der Waals surface area contributed by atoms with Gasteiger partial charge < -0.3 is 9.47 Å². The zero-order valence-electron chi connectivity index (χ0n) is 15.8. The average molecular weight is 352 g/mol. The first-order valence-corrected chi connectivity index (χ1v) is 9.55. The Hall–Kier alpha value is -1.75. The standard InChI is InChI=1S/C22H28N2O2/c1-17-9-19(12-23-11-17)14-25-21-7-8-26-22(10-21)15-24(16-22)13-20-6-4-3-5-18(20)2/h3-6,9,11-12,21H,7-8,10,13-16H2,1-2H3. The van der Waals surface area contributed by atoms with Gasteiger partial charge in [-0.1, -0.05) is 30.3 Å². The second kappa shape index (κ2) is 7.47. The summed E-state index contributed by atoms with van der Waals surface area (Å²) in [7, 11) is 0. The Morgan fingerprint density at radius 2 is 2.08 bits per heavy atom. The molecule has 1 spiro atoms. The summed E-state index contributed by atoms with van der Waals surface area (Å²) in [6.45, 7) is 8.72. The summed E-state index contributed by atoms with van der Waals surface area (Å²) in [6, 6.07) is 10.8. The number of aromatic nitrogens is 1. The van der Waals surface area contributed by atoms with Crippen molar-refractivity contribution in [2.24, 2.45) is 0 Å². The number of hydrogen-bond donors (Lipinski definition) is 0. The minimum atomic E-state index is -0.00352. The molecule has 0 aliphatic carbocycles. The highest BCUT2D eigenvalue weighted by Gasteiger charge is 2.47. The SMILES string of the molecule is Cc1cncc(COC2CCOC3(C2)CN(Cc2ccccc2C)C3)c1. The molecule has 2 fully saturated rings. The second-order valence-corrected chi connectivity index (χ2v) is 7.90. The normalized spacial score (nSPS) is 22.3. The van der Waals surface area contributed by atoms with Crippen molar-refractivity contribution in [3.8, 4) is 0 Å². The van der Waals surface area contributed by atoms with Crippen LogP contribution < -0.4 is 0 Å². The maximum atomic E-state index is 6.19. The van der Waals surface area contributed by atoms with Crippen LogP contribution in [0.2, 0.25) is 0 Å². The molecule has 1 aromatic heterocycles. The molecule has 4 nitrogen and oxygen atoms in total. The molecule has 1 atom stereocenters. The lowest BCUT2D eigenvalue weighted by Gasteiger charge is -2.53. The first-order chi connectivity index (χ1) is 12.6. The molecule has 2 saturated heterocycles. The van der Waals surface area contributed by atoms with Crippen LogP contribution in [0.3, 0.4) is 0 Å². The molecule has 4 heteroatoms. The van der Waals surface area contributed by atoms with E-state index >= 15 is 0 Å². The molecule has 0 bridgehead atoms. The molecule has 1 aromatic carbocycles. The highest BCUT2D eigenvalue weighted by atomic mass is 16.5. The van der Waals surface area contributed by atoms with E-state index in [4.69, 9.17) is 9.47 Å². The van der Waals surface area contributed by atoms with Crippen LogP contribution in [0.1, 0.15) is 35.1 Å². The molecule has 26 heavy (non-hydrogen) atoms. The largest absolute Gasteiger partial charge is 0.373 e. The van der Waals surface area contributed by atoms with Crippen LogP contribution in [0.25, 0.3) is 0 Å². The van der Waals surface area contributed by atoms with E-state index in [0.717, 1.165) is 44.6 Å². The van der Waals surface area contributed by atoms with Crippen molar-refractivity contribution >= 4 is 0 Å². The Morgan fingerprint density at radius 1 is 1.23 bits per heavy atom. The van der Waals surface area contributed by atoms with Gasteiger partial charge >= 0.3 is 0 Å². The van der Waals surface area contributed by atoms with Gasteiger partial charge in [-0.15, -0.1) is 0 Å². The van der Waals surface area contributed by atoms with E-state index in [1.54, 1.807) is 0 Å². The zero-order chi connectivity index (χ0) is 18.0. The summed E-state index contributed by atoms with van der Waals surface area (Å²) in [5, 5.41) is 0. The van der Waals surface area contributed by atoms with E-state index in [-0.39, 0.29) is 11.7 Å². The zero-order valence-corrected chi connectivity index (χ0v) is 15.8. The van der Waals surface area contributed by atoms with E-state index in [1.165, 1.54) is 16.7 Å². The van der Waals surface area contributed by atoms with Crippen molar-refractivity contribution in [1.29, 1.82) is 0 Å². The molecule has 2 aromatic rings. The smallest absolute Gasteiger partial charge is 0.0959 e. The van der Waals surface area contributed by atoms with Crippen LogP contribution in [0.15, 0.2) is 42.7 Å². The average Bonchev–Trinajstić information content (AvgIpc) is 2.61. The van der Waals surface area contributed by atoms with Crippen molar-refractivity contribution in [2.75, 3.05) is 19.7 Å². The van der Waals surface area contributed by atoms with Crippen molar-refractivity contribution < 1.29 is 9.47 Å². The fraction of sp³-hybridized carbons (Fsp3) is 0.500. The molecule has 0 radical (unpaired) electrons. The maximum Gasteiger partial charge on any atom is 0.0959 e. The molecule has 138 valence electrons. The number of benzene rings is 1. The van der Waals surface area contributed by atoms with E-state index in [2.05, 4.69) is 54.1 Å². The number of aryl methyl sites for hydroxylation is 2. The van der Waals surface area contributed by atoms with Gasteiger partial charge in [0.05, 0.1) is 18.3 Å². The van der Waals surface area contributed by atoms with Crippen molar-refractivity contribution in [2.45, 2.75) is 51.5 Å². The molecule has 2 aliphatic rings. The Morgan fingerprint density at radius 3 is 2.88 bits per heavy atom. The summed E-state index contributed by atoms with van der Waals surface area (Å²) < 4.78 is 12.4. The molecule has 3 heterocycles. The molecule has 0 N–H and O–H groups in total. The number of pyridine rings is 1. The lowest BCUT2D eigenvalue weighted by Crippen LogP contribution is -2.65. The number of rotatable bonds is 5. The monoisotopic (exact) mass is 352 g/mol. The van der Waals surface area contributed by atoms with Crippen LogP contribution in [-0.2, 0) is 22.6 Å². The minimum Gasteiger partial charge on any atom is -0.373 e. The van der Waals surface area contributed by atoms with E-state index in [9.17, 15) is 0 Å². The van der Waals surface area contributed by atoms with Crippen LogP contribution >= 0.6 is 0 Å². The van der Waals surface area contributed by atoms with E-state index in [0.29, 0.717) is 6.61 Å². The van der Waals surface area contributed by atoms with Gasteiger partial charge in [-0.05, 0) is 42.5 Å². The van der Waals surface area contributed by atoms with Crippen LogP contribution in [-0.4, -0.2) is 41.3 Å². The fourth-order valence-electron chi connectivity index (χ4n) is 4.16. The minimum absolute atomic E-state index is 0.00352. The fourth-order valence-corrected chi connectivity index (χ4v) is 4.16. The third-order valence-electron chi connectivity index (χ3n) is 5.54. The third-order valence-corrected chi connectivity index (χ3v) is 5.54. The van der Waals surface area contributed by atoms with Crippen LogP contribution in [0.5, 0.6) is 0 Å². The molecular formula is C22H28N2O2. The molecule has 1 unspecified atom stereocenters. The Balaban J connectivity index is 1.28. The maximum absolute atomic E-state index is 6.19. The van der Waals surface area contributed by atoms with Crippen molar-refractivity contribution in [3.63, 3.8) is 0 Å². The summed E-state index contributed by atoms with van der Waals surface area (Å²) in [5.41, 5.74) is 5.11. The second-order valence-electron chi connectivity index (χ2n) is 7.90. The molecule has 0 amide bonds. The molecule has 4 rings (SSSR count). The first kappa shape index (κ1) is 17.7.